The molecule has 0 fully saturated rings. The van der Waals surface area contributed by atoms with Gasteiger partial charge in [-0.25, -0.2) is 0 Å². The molecule has 0 saturated heterocycles. The molecule has 0 atom stereocenters. The molecule has 3 rings (SSSR count). The highest BCUT2D eigenvalue weighted by atomic mass is 16.5. The maximum absolute atomic E-state index is 12.4. The van der Waals surface area contributed by atoms with Crippen LogP contribution in [-0.2, 0) is 11.3 Å². The van der Waals surface area contributed by atoms with E-state index in [-0.39, 0.29) is 18.4 Å². The van der Waals surface area contributed by atoms with Crippen molar-refractivity contribution in [1.29, 1.82) is 0 Å². The lowest BCUT2D eigenvalue weighted by Gasteiger charge is -2.20. The Bertz CT molecular complexity index is 758. The van der Waals surface area contributed by atoms with Gasteiger partial charge in [0.2, 0.25) is 0 Å². The first-order valence-electron chi connectivity index (χ1n) is 7.15. The molecule has 0 aromatic heterocycles. The first-order chi connectivity index (χ1) is 11.2. The monoisotopic (exact) mass is 312 g/mol. The number of carbonyl (C=O) groups is 2. The Morgan fingerprint density at radius 1 is 1.26 bits per heavy atom. The molecule has 1 aliphatic heterocycles. The standard InChI is InChI=1S/C17H16N2O4/c1-22-13-7-3-2-5-11(13)9-18-17(21)12-6-4-8-14-16(12)19-15(20)10-23-14/h2-8H,9-10H2,1H3,(H,18,21)(H,19,20). The summed E-state index contributed by atoms with van der Waals surface area (Å²) in [7, 11) is 1.58. The van der Waals surface area contributed by atoms with E-state index in [2.05, 4.69) is 10.6 Å². The van der Waals surface area contributed by atoms with Crippen LogP contribution in [0.2, 0.25) is 0 Å². The molecule has 1 aliphatic rings. The average molecular weight is 312 g/mol. The average Bonchev–Trinajstić information content (AvgIpc) is 2.59. The topological polar surface area (TPSA) is 76.7 Å². The first-order valence-corrected chi connectivity index (χ1v) is 7.15. The lowest BCUT2D eigenvalue weighted by atomic mass is 10.1. The Morgan fingerprint density at radius 3 is 2.91 bits per heavy atom. The van der Waals surface area contributed by atoms with Crippen molar-refractivity contribution in [2.75, 3.05) is 19.0 Å². The number of carbonyl (C=O) groups excluding carboxylic acids is 2. The number of rotatable bonds is 4. The third kappa shape index (κ3) is 3.11. The molecule has 0 bridgehead atoms. The summed E-state index contributed by atoms with van der Waals surface area (Å²) < 4.78 is 10.6. The maximum Gasteiger partial charge on any atom is 0.262 e. The van der Waals surface area contributed by atoms with Gasteiger partial charge in [-0.05, 0) is 18.2 Å². The number of methoxy groups -OCH3 is 1. The molecule has 0 aliphatic carbocycles. The third-order valence-electron chi connectivity index (χ3n) is 3.53. The van der Waals surface area contributed by atoms with Crippen molar-refractivity contribution < 1.29 is 19.1 Å². The van der Waals surface area contributed by atoms with Gasteiger partial charge in [-0.2, -0.15) is 0 Å². The third-order valence-corrected chi connectivity index (χ3v) is 3.53. The van der Waals surface area contributed by atoms with Gasteiger partial charge in [0.1, 0.15) is 11.5 Å². The van der Waals surface area contributed by atoms with Crippen molar-refractivity contribution in [3.05, 3.63) is 53.6 Å². The molecule has 118 valence electrons. The van der Waals surface area contributed by atoms with E-state index in [1.165, 1.54) is 0 Å². The van der Waals surface area contributed by atoms with Crippen LogP contribution >= 0.6 is 0 Å². The van der Waals surface area contributed by atoms with Gasteiger partial charge in [-0.1, -0.05) is 24.3 Å². The Labute approximate surface area is 133 Å². The predicted molar refractivity (Wildman–Crippen MR) is 84.7 cm³/mol. The lowest BCUT2D eigenvalue weighted by molar-refractivity contribution is -0.118. The fourth-order valence-corrected chi connectivity index (χ4v) is 2.41. The van der Waals surface area contributed by atoms with Crippen LogP contribution in [0.25, 0.3) is 0 Å². The van der Waals surface area contributed by atoms with Crippen LogP contribution < -0.4 is 20.1 Å². The zero-order chi connectivity index (χ0) is 16.2. The van der Waals surface area contributed by atoms with Gasteiger partial charge in [0.05, 0.1) is 18.4 Å². The fraction of sp³-hybridized carbons (Fsp3) is 0.176. The van der Waals surface area contributed by atoms with Crippen molar-refractivity contribution in [3.8, 4) is 11.5 Å². The largest absolute Gasteiger partial charge is 0.496 e. The van der Waals surface area contributed by atoms with Crippen molar-refractivity contribution >= 4 is 17.5 Å². The van der Waals surface area contributed by atoms with Gasteiger partial charge in [-0.15, -0.1) is 0 Å². The summed E-state index contributed by atoms with van der Waals surface area (Å²) in [6, 6.07) is 12.5. The van der Waals surface area contributed by atoms with Gasteiger partial charge in [-0.3, -0.25) is 9.59 Å². The number of ether oxygens (including phenoxy) is 2. The summed E-state index contributed by atoms with van der Waals surface area (Å²) in [5.41, 5.74) is 1.64. The molecule has 6 nitrogen and oxygen atoms in total. The minimum Gasteiger partial charge on any atom is -0.496 e. The van der Waals surface area contributed by atoms with E-state index in [0.29, 0.717) is 29.3 Å². The van der Waals surface area contributed by atoms with Gasteiger partial charge in [0.25, 0.3) is 11.8 Å². The highest BCUT2D eigenvalue weighted by molar-refractivity contribution is 6.06. The van der Waals surface area contributed by atoms with Crippen molar-refractivity contribution in [1.82, 2.24) is 5.32 Å². The number of para-hydroxylation sites is 2. The number of hydrogen-bond acceptors (Lipinski definition) is 4. The van der Waals surface area contributed by atoms with Gasteiger partial charge in [0.15, 0.2) is 6.61 Å². The zero-order valence-corrected chi connectivity index (χ0v) is 12.6. The Morgan fingerprint density at radius 2 is 2.09 bits per heavy atom. The predicted octanol–water partition coefficient (Wildman–Crippen LogP) is 1.96. The van der Waals surface area contributed by atoms with Crippen molar-refractivity contribution in [2.45, 2.75) is 6.54 Å². The molecule has 1 heterocycles. The fourth-order valence-electron chi connectivity index (χ4n) is 2.41. The van der Waals surface area contributed by atoms with Gasteiger partial charge in [0, 0.05) is 12.1 Å². The van der Waals surface area contributed by atoms with Gasteiger partial charge >= 0.3 is 0 Å². The van der Waals surface area contributed by atoms with E-state index in [1.54, 1.807) is 25.3 Å². The second-order valence-electron chi connectivity index (χ2n) is 5.01. The Kier molecular flexibility index (Phi) is 4.14. The smallest absolute Gasteiger partial charge is 0.262 e. The molecular formula is C17H16N2O4. The zero-order valence-electron chi connectivity index (χ0n) is 12.6. The molecule has 0 saturated carbocycles. The summed E-state index contributed by atoms with van der Waals surface area (Å²) in [6.45, 7) is 0.278. The summed E-state index contributed by atoms with van der Waals surface area (Å²) in [5, 5.41) is 5.51. The SMILES string of the molecule is COc1ccccc1CNC(=O)c1cccc2c1NC(=O)CO2. The van der Waals surface area contributed by atoms with Crippen LogP contribution in [0.5, 0.6) is 11.5 Å². The van der Waals surface area contributed by atoms with Crippen LogP contribution in [0.1, 0.15) is 15.9 Å². The summed E-state index contributed by atoms with van der Waals surface area (Å²) in [5.74, 6) is 0.634. The molecular weight excluding hydrogens is 296 g/mol. The number of anilines is 1. The van der Waals surface area contributed by atoms with Crippen molar-refractivity contribution in [3.63, 3.8) is 0 Å². The van der Waals surface area contributed by atoms with E-state index in [1.807, 2.05) is 24.3 Å². The second kappa shape index (κ2) is 6.39. The van der Waals surface area contributed by atoms with E-state index in [4.69, 9.17) is 9.47 Å². The van der Waals surface area contributed by atoms with E-state index < -0.39 is 0 Å². The number of hydrogen-bond donors (Lipinski definition) is 2. The molecule has 6 heteroatoms. The molecule has 2 aromatic rings. The van der Waals surface area contributed by atoms with Crippen LogP contribution in [0.4, 0.5) is 5.69 Å². The Balaban J connectivity index is 1.78. The molecule has 23 heavy (non-hydrogen) atoms. The highest BCUT2D eigenvalue weighted by Crippen LogP contribution is 2.31. The van der Waals surface area contributed by atoms with Crippen LogP contribution in [0, 0.1) is 0 Å². The van der Waals surface area contributed by atoms with Crippen molar-refractivity contribution in [2.24, 2.45) is 0 Å². The van der Waals surface area contributed by atoms with Crippen LogP contribution in [0.3, 0.4) is 0 Å². The van der Waals surface area contributed by atoms with E-state index in [0.717, 1.165) is 5.56 Å². The number of nitrogens with one attached hydrogen (secondary N) is 2. The quantitative estimate of drug-likeness (QED) is 0.905. The molecule has 0 spiro atoms. The number of fused-ring (bicyclic) bond motifs is 1. The number of amides is 2. The van der Waals surface area contributed by atoms with E-state index >= 15 is 0 Å². The molecule has 2 N–H and O–H groups in total. The highest BCUT2D eigenvalue weighted by Gasteiger charge is 2.22. The first kappa shape index (κ1) is 14.9. The second-order valence-corrected chi connectivity index (χ2v) is 5.01. The minimum absolute atomic E-state index is 0.0424. The molecule has 0 unspecified atom stereocenters. The molecule has 0 radical (unpaired) electrons. The summed E-state index contributed by atoms with van der Waals surface area (Å²) >= 11 is 0. The minimum atomic E-state index is -0.293. The molecule has 2 amide bonds. The van der Waals surface area contributed by atoms with E-state index in [9.17, 15) is 9.59 Å². The summed E-state index contributed by atoms with van der Waals surface area (Å²) in [6.07, 6.45) is 0. The van der Waals surface area contributed by atoms with Gasteiger partial charge < -0.3 is 20.1 Å². The Hall–Kier alpha value is -3.02. The number of benzene rings is 2. The molecule has 2 aromatic carbocycles. The maximum atomic E-state index is 12.4. The lowest BCUT2D eigenvalue weighted by Crippen LogP contribution is -2.29. The summed E-state index contributed by atoms with van der Waals surface area (Å²) in [4.78, 5) is 23.9. The normalized spacial score (nSPS) is 12.7. The van der Waals surface area contributed by atoms with Crippen LogP contribution in [0.15, 0.2) is 42.5 Å². The van der Waals surface area contributed by atoms with Crippen LogP contribution in [-0.4, -0.2) is 25.5 Å².